The summed E-state index contributed by atoms with van der Waals surface area (Å²) in [6, 6.07) is 16.0. The summed E-state index contributed by atoms with van der Waals surface area (Å²) in [4.78, 5) is 19.5. The molecule has 3 heterocycles. The fourth-order valence-corrected chi connectivity index (χ4v) is 7.57. The maximum atomic E-state index is 14.8. The highest BCUT2D eigenvalue weighted by Gasteiger charge is 2.60. The highest BCUT2D eigenvalue weighted by atomic mass is 19.1. The van der Waals surface area contributed by atoms with Crippen LogP contribution in [-0.2, 0) is 22.6 Å². The summed E-state index contributed by atoms with van der Waals surface area (Å²) in [6.45, 7) is 4.38. The van der Waals surface area contributed by atoms with Gasteiger partial charge in [0, 0.05) is 34.8 Å². The van der Waals surface area contributed by atoms with Crippen molar-refractivity contribution in [2.45, 2.75) is 76.7 Å². The Bertz CT molecular complexity index is 1460. The van der Waals surface area contributed by atoms with E-state index in [2.05, 4.69) is 17.0 Å². The van der Waals surface area contributed by atoms with Gasteiger partial charge in [-0.3, -0.25) is 4.79 Å². The van der Waals surface area contributed by atoms with Crippen LogP contribution in [0.1, 0.15) is 60.9 Å². The second kappa shape index (κ2) is 9.88. The average molecular weight is 543 g/mol. The number of hydrogen-bond acceptors (Lipinski definition) is 6. The number of pyridine rings is 1. The van der Waals surface area contributed by atoms with Gasteiger partial charge in [-0.15, -0.1) is 0 Å². The van der Waals surface area contributed by atoms with Crippen LogP contribution in [0, 0.1) is 24.6 Å². The Kier molecular flexibility index (Phi) is 6.30. The first-order valence-corrected chi connectivity index (χ1v) is 14.6. The van der Waals surface area contributed by atoms with E-state index in [0.717, 1.165) is 54.7 Å². The number of carbonyl (C=O) groups excluding carboxylic acids is 1. The van der Waals surface area contributed by atoms with Crippen molar-refractivity contribution in [2.24, 2.45) is 11.8 Å². The number of ether oxygens (including phenoxy) is 2. The number of aromatic nitrogens is 1. The maximum Gasteiger partial charge on any atom is 0.309 e. The number of aryl methyl sites for hydroxylation is 1. The van der Waals surface area contributed by atoms with Crippen molar-refractivity contribution >= 4 is 11.8 Å². The molecule has 0 radical (unpaired) electrons. The van der Waals surface area contributed by atoms with Crippen LogP contribution in [0.25, 0.3) is 11.1 Å². The highest BCUT2D eigenvalue weighted by molar-refractivity contribution is 5.79. The van der Waals surface area contributed by atoms with Crippen LogP contribution in [0.2, 0.25) is 0 Å². The van der Waals surface area contributed by atoms with Crippen LogP contribution in [0.4, 0.5) is 10.2 Å². The van der Waals surface area contributed by atoms with Gasteiger partial charge in [-0.1, -0.05) is 12.1 Å². The highest BCUT2D eigenvalue weighted by Crippen LogP contribution is 2.62. The van der Waals surface area contributed by atoms with E-state index in [9.17, 15) is 14.3 Å². The SMILES string of the molecule is CCOC(=O)C1C2Cc3cc(OCc4cc(-c5ccc(N6C7CCC6CC(O)C7)nc5C)ccc4F)ccc3C21. The number of aliphatic hydroxyl groups is 1. The van der Waals surface area contributed by atoms with Crippen molar-refractivity contribution in [1.82, 2.24) is 4.98 Å². The molecule has 2 aliphatic carbocycles. The van der Waals surface area contributed by atoms with Crippen molar-refractivity contribution in [2.75, 3.05) is 11.5 Å². The van der Waals surface area contributed by atoms with Crippen LogP contribution in [0.15, 0.2) is 48.5 Å². The van der Waals surface area contributed by atoms with Gasteiger partial charge in [0.05, 0.1) is 18.6 Å². The Balaban J connectivity index is 1.05. The number of fused-ring (bicyclic) bond motifs is 5. The molecule has 0 spiro atoms. The Morgan fingerprint density at radius 3 is 2.65 bits per heavy atom. The summed E-state index contributed by atoms with van der Waals surface area (Å²) in [7, 11) is 0. The van der Waals surface area contributed by atoms with E-state index in [1.54, 1.807) is 6.07 Å². The second-order valence-electron chi connectivity index (χ2n) is 11.8. The van der Waals surface area contributed by atoms with Crippen molar-refractivity contribution in [1.29, 1.82) is 0 Å². The van der Waals surface area contributed by atoms with Gasteiger partial charge in [-0.05, 0) is 105 Å². The van der Waals surface area contributed by atoms with E-state index in [0.29, 0.717) is 35.9 Å². The predicted octanol–water partition coefficient (Wildman–Crippen LogP) is 5.72. The molecule has 4 aliphatic rings. The standard InChI is InChI=1S/C33H35FN2O4/c1-3-39-33(38)32-28-14-20-13-25(7-8-27(20)31(28)32)40-17-21-12-19(4-10-29(21)34)26-9-11-30(35-18(26)2)36-22-5-6-23(36)16-24(37)15-22/h4,7-13,22-24,28,31-32,37H,3,5-6,14-17H2,1-2H3. The molecule has 7 heteroatoms. The molecule has 40 heavy (non-hydrogen) atoms. The minimum Gasteiger partial charge on any atom is -0.489 e. The lowest BCUT2D eigenvalue weighted by Gasteiger charge is -2.38. The lowest BCUT2D eigenvalue weighted by atomic mass is 9.99. The zero-order chi connectivity index (χ0) is 27.5. The van der Waals surface area contributed by atoms with Crippen LogP contribution in [0.5, 0.6) is 5.75 Å². The molecular weight excluding hydrogens is 507 g/mol. The van der Waals surface area contributed by atoms with Gasteiger partial charge in [0.2, 0.25) is 0 Å². The number of hydrogen-bond donors (Lipinski definition) is 1. The van der Waals surface area contributed by atoms with Gasteiger partial charge in [0.15, 0.2) is 0 Å². The molecule has 7 rings (SSSR count). The number of carbonyl (C=O) groups is 1. The van der Waals surface area contributed by atoms with Gasteiger partial charge >= 0.3 is 5.97 Å². The number of rotatable bonds is 7. The van der Waals surface area contributed by atoms with Crippen molar-refractivity contribution in [3.05, 3.63) is 76.7 Å². The van der Waals surface area contributed by atoms with Crippen LogP contribution in [0.3, 0.4) is 0 Å². The number of benzene rings is 2. The second-order valence-corrected chi connectivity index (χ2v) is 11.8. The van der Waals surface area contributed by atoms with Crippen LogP contribution >= 0.6 is 0 Å². The van der Waals surface area contributed by atoms with E-state index in [1.807, 2.05) is 38.1 Å². The van der Waals surface area contributed by atoms with E-state index in [-0.39, 0.29) is 36.3 Å². The Morgan fingerprint density at radius 2 is 1.90 bits per heavy atom. The third-order valence-electron chi connectivity index (χ3n) is 9.45. The van der Waals surface area contributed by atoms with E-state index < -0.39 is 0 Å². The summed E-state index contributed by atoms with van der Waals surface area (Å²) >= 11 is 0. The van der Waals surface area contributed by atoms with Crippen LogP contribution in [-0.4, -0.2) is 40.9 Å². The first kappa shape index (κ1) is 25.5. The minimum absolute atomic E-state index is 0.00838. The molecule has 2 saturated heterocycles. The molecule has 3 fully saturated rings. The summed E-state index contributed by atoms with van der Waals surface area (Å²) in [5, 5.41) is 10.2. The molecule has 0 amide bonds. The normalized spacial score (nSPS) is 27.8. The first-order chi connectivity index (χ1) is 19.4. The fraction of sp³-hybridized carbons (Fsp3) is 0.455. The van der Waals surface area contributed by atoms with Crippen molar-refractivity contribution in [3.8, 4) is 16.9 Å². The number of nitrogens with zero attached hydrogens (tertiary/aromatic N) is 2. The van der Waals surface area contributed by atoms with E-state index in [4.69, 9.17) is 14.5 Å². The molecular formula is C33H35FN2O4. The lowest BCUT2D eigenvalue weighted by molar-refractivity contribution is -0.145. The van der Waals surface area contributed by atoms with E-state index >= 15 is 0 Å². The molecule has 2 bridgehead atoms. The van der Waals surface area contributed by atoms with Crippen LogP contribution < -0.4 is 9.64 Å². The summed E-state index contributed by atoms with van der Waals surface area (Å²) < 4.78 is 26.1. The average Bonchev–Trinajstić information content (AvgIpc) is 3.41. The number of esters is 1. The predicted molar refractivity (Wildman–Crippen MR) is 150 cm³/mol. The zero-order valence-corrected chi connectivity index (χ0v) is 23.0. The summed E-state index contributed by atoms with van der Waals surface area (Å²) in [5.41, 5.74) is 5.70. The lowest BCUT2D eigenvalue weighted by Crippen LogP contribution is -2.45. The van der Waals surface area contributed by atoms with Gasteiger partial charge in [0.25, 0.3) is 0 Å². The number of anilines is 1. The summed E-state index contributed by atoms with van der Waals surface area (Å²) in [6.07, 6.45) is 4.46. The van der Waals surface area contributed by atoms with Gasteiger partial charge < -0.3 is 19.5 Å². The van der Waals surface area contributed by atoms with Crippen molar-refractivity contribution in [3.63, 3.8) is 0 Å². The molecule has 5 atom stereocenters. The van der Waals surface area contributed by atoms with E-state index in [1.165, 1.54) is 17.2 Å². The number of halogens is 1. The molecule has 1 N–H and O–H groups in total. The smallest absolute Gasteiger partial charge is 0.309 e. The molecule has 6 nitrogen and oxygen atoms in total. The van der Waals surface area contributed by atoms with Crippen molar-refractivity contribution < 1.29 is 23.8 Å². The zero-order valence-electron chi connectivity index (χ0n) is 23.0. The topological polar surface area (TPSA) is 71.9 Å². The quantitative estimate of drug-likeness (QED) is 0.386. The van der Waals surface area contributed by atoms with Gasteiger partial charge in [-0.2, -0.15) is 0 Å². The third kappa shape index (κ3) is 4.35. The Morgan fingerprint density at radius 1 is 1.10 bits per heavy atom. The molecule has 5 unspecified atom stereocenters. The first-order valence-electron chi connectivity index (χ1n) is 14.6. The summed E-state index contributed by atoms with van der Waals surface area (Å²) in [5.74, 6) is 1.88. The molecule has 208 valence electrons. The van der Waals surface area contributed by atoms with Gasteiger partial charge in [-0.25, -0.2) is 9.37 Å². The number of piperidine rings is 1. The van der Waals surface area contributed by atoms with Gasteiger partial charge in [0.1, 0.15) is 24.0 Å². The fourth-order valence-electron chi connectivity index (χ4n) is 7.57. The Hall–Kier alpha value is -3.45. The number of aliphatic hydroxyl groups excluding tert-OH is 1. The Labute approximate surface area is 234 Å². The molecule has 1 saturated carbocycles. The monoisotopic (exact) mass is 542 g/mol. The molecule has 2 aliphatic heterocycles. The largest absolute Gasteiger partial charge is 0.489 e. The molecule has 2 aromatic carbocycles. The third-order valence-corrected chi connectivity index (χ3v) is 9.45. The maximum absolute atomic E-state index is 14.8. The minimum atomic E-state index is -0.297. The molecule has 1 aromatic heterocycles. The molecule has 3 aromatic rings.